The minimum Gasteiger partial charge on any atom is -0.486 e. The van der Waals surface area contributed by atoms with Crippen molar-refractivity contribution in [2.45, 2.75) is 25.8 Å². The van der Waals surface area contributed by atoms with Crippen LogP contribution in [0.4, 0.5) is 5.82 Å². The summed E-state index contributed by atoms with van der Waals surface area (Å²) in [6.07, 6.45) is 3.85. The van der Waals surface area contributed by atoms with Gasteiger partial charge >= 0.3 is 0 Å². The fourth-order valence-corrected chi connectivity index (χ4v) is 2.55. The molecule has 2 aromatic rings. The maximum atomic E-state index is 5.66. The molecule has 1 atom stereocenters. The van der Waals surface area contributed by atoms with E-state index in [0.29, 0.717) is 25.8 Å². The predicted octanol–water partition coefficient (Wildman–Crippen LogP) is 2.55. The van der Waals surface area contributed by atoms with Gasteiger partial charge in [-0.15, -0.1) is 0 Å². The van der Waals surface area contributed by atoms with E-state index in [0.717, 1.165) is 40.9 Å². The molecule has 5 heteroatoms. The van der Waals surface area contributed by atoms with Crippen molar-refractivity contribution in [2.75, 3.05) is 25.1 Å². The number of nitrogens with one attached hydrogen (secondary N) is 1. The second-order valence-electron chi connectivity index (χ2n) is 5.35. The van der Waals surface area contributed by atoms with E-state index in [-0.39, 0.29) is 0 Å². The second-order valence-corrected chi connectivity index (χ2v) is 5.35. The van der Waals surface area contributed by atoms with Gasteiger partial charge in [0, 0.05) is 17.6 Å². The molecule has 0 saturated carbocycles. The largest absolute Gasteiger partial charge is 0.486 e. The van der Waals surface area contributed by atoms with E-state index >= 15 is 0 Å². The Balaban J connectivity index is 1.91. The summed E-state index contributed by atoms with van der Waals surface area (Å²) in [6.45, 7) is 4.06. The summed E-state index contributed by atoms with van der Waals surface area (Å²) in [4.78, 5) is 4.47. The van der Waals surface area contributed by atoms with Crippen LogP contribution < -0.4 is 20.5 Å². The van der Waals surface area contributed by atoms with Crippen molar-refractivity contribution >= 4 is 16.6 Å². The average molecular weight is 287 g/mol. The fraction of sp³-hybridized carbons (Fsp3) is 0.438. The van der Waals surface area contributed by atoms with Gasteiger partial charge in [0.25, 0.3) is 0 Å². The van der Waals surface area contributed by atoms with Crippen molar-refractivity contribution in [2.24, 2.45) is 5.73 Å². The second kappa shape index (κ2) is 6.18. The van der Waals surface area contributed by atoms with Crippen LogP contribution >= 0.6 is 0 Å². The van der Waals surface area contributed by atoms with Gasteiger partial charge < -0.3 is 20.5 Å². The minimum atomic E-state index is 0.333. The number of pyridine rings is 1. The number of fused-ring (bicyclic) bond motifs is 2. The lowest BCUT2D eigenvalue weighted by Crippen LogP contribution is -2.18. The summed E-state index contributed by atoms with van der Waals surface area (Å²) in [6, 6.07) is 6.35. The van der Waals surface area contributed by atoms with Crippen LogP contribution in [0.2, 0.25) is 0 Å². The van der Waals surface area contributed by atoms with E-state index in [9.17, 15) is 0 Å². The van der Waals surface area contributed by atoms with E-state index in [4.69, 9.17) is 15.2 Å². The third kappa shape index (κ3) is 3.03. The highest BCUT2D eigenvalue weighted by Crippen LogP contribution is 2.36. The molecule has 0 fully saturated rings. The molecule has 5 nitrogen and oxygen atoms in total. The van der Waals surface area contributed by atoms with Gasteiger partial charge in [0.1, 0.15) is 19.0 Å². The summed E-state index contributed by atoms with van der Waals surface area (Å²) in [5.41, 5.74) is 5.56. The van der Waals surface area contributed by atoms with Crippen LogP contribution in [0.15, 0.2) is 24.4 Å². The van der Waals surface area contributed by atoms with E-state index in [1.54, 1.807) is 0 Å². The van der Waals surface area contributed by atoms with Gasteiger partial charge in [-0.3, -0.25) is 0 Å². The molecule has 1 aromatic heterocycles. The van der Waals surface area contributed by atoms with Crippen LogP contribution in [0, 0.1) is 0 Å². The Hall–Kier alpha value is -2.01. The fourth-order valence-electron chi connectivity index (χ4n) is 2.55. The molecule has 0 amide bonds. The van der Waals surface area contributed by atoms with Crippen LogP contribution in [-0.4, -0.2) is 30.8 Å². The number of ether oxygens (including phenoxy) is 2. The molecule has 2 heterocycles. The standard InChI is InChI=1S/C16H21N3O2/c1-11(3-2-5-17)19-16-13-10-15-14(20-7-8-21-15)9-12(13)4-6-18-16/h4,6,9-11H,2-3,5,7-8,17H2,1H3,(H,18,19). The highest BCUT2D eigenvalue weighted by atomic mass is 16.6. The molecule has 0 spiro atoms. The van der Waals surface area contributed by atoms with E-state index in [1.165, 1.54) is 0 Å². The van der Waals surface area contributed by atoms with Crippen molar-refractivity contribution < 1.29 is 9.47 Å². The number of nitrogens with two attached hydrogens (primary N) is 1. The zero-order chi connectivity index (χ0) is 14.7. The highest BCUT2D eigenvalue weighted by Gasteiger charge is 2.15. The number of aromatic nitrogens is 1. The maximum Gasteiger partial charge on any atom is 0.162 e. The van der Waals surface area contributed by atoms with Gasteiger partial charge in [-0.1, -0.05) is 0 Å². The quantitative estimate of drug-likeness (QED) is 0.884. The van der Waals surface area contributed by atoms with Crippen molar-refractivity contribution in [1.82, 2.24) is 4.98 Å². The van der Waals surface area contributed by atoms with Crippen molar-refractivity contribution in [1.29, 1.82) is 0 Å². The molecule has 0 bridgehead atoms. The minimum absolute atomic E-state index is 0.333. The average Bonchev–Trinajstić information content (AvgIpc) is 2.51. The van der Waals surface area contributed by atoms with Gasteiger partial charge in [0.2, 0.25) is 0 Å². The summed E-state index contributed by atoms with van der Waals surface area (Å²) >= 11 is 0. The lowest BCUT2D eigenvalue weighted by molar-refractivity contribution is 0.172. The zero-order valence-electron chi connectivity index (χ0n) is 12.3. The summed E-state index contributed by atoms with van der Waals surface area (Å²) < 4.78 is 11.3. The molecule has 3 rings (SSSR count). The van der Waals surface area contributed by atoms with Crippen LogP contribution in [0.1, 0.15) is 19.8 Å². The maximum absolute atomic E-state index is 5.66. The van der Waals surface area contributed by atoms with Gasteiger partial charge in [-0.25, -0.2) is 4.98 Å². The van der Waals surface area contributed by atoms with Gasteiger partial charge in [-0.05, 0) is 49.9 Å². The molecule has 0 aliphatic carbocycles. The Morgan fingerprint density at radius 3 is 2.81 bits per heavy atom. The molecule has 112 valence electrons. The Labute approximate surface area is 124 Å². The van der Waals surface area contributed by atoms with Crippen LogP contribution in [0.5, 0.6) is 11.5 Å². The van der Waals surface area contributed by atoms with Crippen molar-refractivity contribution in [3.8, 4) is 11.5 Å². The summed E-state index contributed by atoms with van der Waals surface area (Å²) in [7, 11) is 0. The molecule has 3 N–H and O–H groups in total. The number of nitrogens with zero attached hydrogens (tertiary/aromatic N) is 1. The first-order valence-electron chi connectivity index (χ1n) is 7.43. The molecule has 1 aliphatic rings. The van der Waals surface area contributed by atoms with Crippen LogP contribution in [0.3, 0.4) is 0 Å². The highest BCUT2D eigenvalue weighted by molar-refractivity contribution is 5.94. The normalized spacial score (nSPS) is 15.0. The lowest BCUT2D eigenvalue weighted by Gasteiger charge is -2.20. The molecule has 0 radical (unpaired) electrons. The number of benzene rings is 1. The Kier molecular flexibility index (Phi) is 4.10. The molecule has 1 unspecified atom stereocenters. The first-order valence-corrected chi connectivity index (χ1v) is 7.43. The van der Waals surface area contributed by atoms with Crippen molar-refractivity contribution in [3.05, 3.63) is 24.4 Å². The summed E-state index contributed by atoms with van der Waals surface area (Å²) in [5, 5.41) is 5.62. The third-order valence-electron chi connectivity index (χ3n) is 3.65. The number of hydrogen-bond acceptors (Lipinski definition) is 5. The third-order valence-corrected chi connectivity index (χ3v) is 3.65. The predicted molar refractivity (Wildman–Crippen MR) is 84.1 cm³/mol. The molecule has 0 saturated heterocycles. The van der Waals surface area contributed by atoms with Crippen LogP contribution in [0.25, 0.3) is 10.8 Å². The van der Waals surface area contributed by atoms with Crippen LogP contribution in [-0.2, 0) is 0 Å². The van der Waals surface area contributed by atoms with E-state index in [2.05, 4.69) is 17.2 Å². The Morgan fingerprint density at radius 2 is 2.05 bits per heavy atom. The topological polar surface area (TPSA) is 69.4 Å². The molecule has 1 aliphatic heterocycles. The SMILES string of the molecule is CC(CCCN)Nc1nccc2cc3c(cc12)OCCO3. The van der Waals surface area contributed by atoms with Gasteiger partial charge in [0.15, 0.2) is 11.5 Å². The molecular weight excluding hydrogens is 266 g/mol. The summed E-state index contributed by atoms with van der Waals surface area (Å²) in [5.74, 6) is 2.48. The van der Waals surface area contributed by atoms with E-state index in [1.807, 2.05) is 24.4 Å². The Bertz CT molecular complexity index is 630. The van der Waals surface area contributed by atoms with Gasteiger partial charge in [0.05, 0.1) is 0 Å². The molecule has 21 heavy (non-hydrogen) atoms. The lowest BCUT2D eigenvalue weighted by atomic mass is 10.1. The van der Waals surface area contributed by atoms with E-state index < -0.39 is 0 Å². The monoisotopic (exact) mass is 287 g/mol. The number of hydrogen-bond donors (Lipinski definition) is 2. The Morgan fingerprint density at radius 1 is 1.29 bits per heavy atom. The van der Waals surface area contributed by atoms with Gasteiger partial charge in [-0.2, -0.15) is 0 Å². The molecular formula is C16H21N3O2. The smallest absolute Gasteiger partial charge is 0.162 e. The number of anilines is 1. The van der Waals surface area contributed by atoms with Crippen molar-refractivity contribution in [3.63, 3.8) is 0 Å². The molecule has 1 aromatic carbocycles. The number of rotatable bonds is 5. The first-order chi connectivity index (χ1) is 10.3. The zero-order valence-corrected chi connectivity index (χ0v) is 12.3. The first kappa shape index (κ1) is 13.9.